The molecule has 5 heteroatoms. The Morgan fingerprint density at radius 2 is 2.17 bits per heavy atom. The minimum Gasteiger partial charge on any atom is -0.381 e. The van der Waals surface area contributed by atoms with Crippen LogP contribution in [0.15, 0.2) is 18.3 Å². The van der Waals surface area contributed by atoms with Gasteiger partial charge in [-0.3, -0.25) is 4.79 Å². The van der Waals surface area contributed by atoms with Crippen molar-refractivity contribution in [2.24, 2.45) is 5.92 Å². The van der Waals surface area contributed by atoms with Gasteiger partial charge in [-0.25, -0.2) is 4.98 Å². The van der Waals surface area contributed by atoms with Gasteiger partial charge in [-0.05, 0) is 25.3 Å². The van der Waals surface area contributed by atoms with E-state index in [4.69, 9.17) is 4.74 Å². The van der Waals surface area contributed by atoms with Gasteiger partial charge in [0, 0.05) is 38.0 Å². The third-order valence-corrected chi connectivity index (χ3v) is 5.08. The summed E-state index contributed by atoms with van der Waals surface area (Å²) in [5.74, 6) is 1.10. The molecule has 1 aromatic heterocycles. The standard InChI is InChI=1S/C18H27N3O2/c1-21(16-7-3-2-4-8-16)17-14(6-5-10-19-17)12-20-18(22)15-9-11-23-13-15/h5-6,10,15-16H,2-4,7-9,11-13H2,1H3,(H,20,22). The van der Waals surface area contributed by atoms with Gasteiger partial charge in [-0.1, -0.05) is 25.3 Å². The molecule has 1 saturated heterocycles. The minimum atomic E-state index is 0.00574. The van der Waals surface area contributed by atoms with Crippen molar-refractivity contribution in [3.8, 4) is 0 Å². The number of carbonyl (C=O) groups is 1. The molecule has 1 aromatic rings. The summed E-state index contributed by atoms with van der Waals surface area (Å²) in [7, 11) is 2.13. The van der Waals surface area contributed by atoms with Crippen LogP contribution in [0.25, 0.3) is 0 Å². The lowest BCUT2D eigenvalue weighted by Gasteiger charge is -2.33. The number of ether oxygens (including phenoxy) is 1. The Balaban J connectivity index is 1.63. The van der Waals surface area contributed by atoms with E-state index in [0.29, 0.717) is 25.8 Å². The first-order valence-electron chi connectivity index (χ1n) is 8.78. The third-order valence-electron chi connectivity index (χ3n) is 5.08. The predicted octanol–water partition coefficient (Wildman–Crippen LogP) is 2.50. The molecule has 1 atom stereocenters. The molecule has 1 saturated carbocycles. The van der Waals surface area contributed by atoms with Gasteiger partial charge in [0.15, 0.2) is 0 Å². The number of anilines is 1. The number of pyridine rings is 1. The lowest BCUT2D eigenvalue weighted by molar-refractivity contribution is -0.125. The van der Waals surface area contributed by atoms with E-state index in [1.165, 1.54) is 32.1 Å². The molecular weight excluding hydrogens is 290 g/mol. The van der Waals surface area contributed by atoms with Crippen LogP contribution in [0.1, 0.15) is 44.1 Å². The third kappa shape index (κ3) is 4.02. The highest BCUT2D eigenvalue weighted by Crippen LogP contribution is 2.27. The molecule has 23 heavy (non-hydrogen) atoms. The van der Waals surface area contributed by atoms with Crippen LogP contribution in [-0.2, 0) is 16.1 Å². The monoisotopic (exact) mass is 317 g/mol. The second-order valence-corrected chi connectivity index (χ2v) is 6.67. The molecule has 1 aliphatic carbocycles. The number of aromatic nitrogens is 1. The Bertz CT molecular complexity index is 523. The molecule has 5 nitrogen and oxygen atoms in total. The van der Waals surface area contributed by atoms with E-state index < -0.39 is 0 Å². The predicted molar refractivity (Wildman–Crippen MR) is 90.3 cm³/mol. The van der Waals surface area contributed by atoms with E-state index in [0.717, 1.165) is 17.8 Å². The summed E-state index contributed by atoms with van der Waals surface area (Å²) in [6.07, 6.45) is 9.08. The highest BCUT2D eigenvalue weighted by molar-refractivity contribution is 5.79. The molecule has 0 bridgehead atoms. The Morgan fingerprint density at radius 3 is 2.91 bits per heavy atom. The van der Waals surface area contributed by atoms with Gasteiger partial charge in [0.1, 0.15) is 5.82 Å². The van der Waals surface area contributed by atoms with Gasteiger partial charge >= 0.3 is 0 Å². The van der Waals surface area contributed by atoms with Gasteiger partial charge in [0.2, 0.25) is 5.91 Å². The highest BCUT2D eigenvalue weighted by Gasteiger charge is 2.24. The van der Waals surface area contributed by atoms with Crippen LogP contribution in [0.5, 0.6) is 0 Å². The number of rotatable bonds is 5. The fourth-order valence-corrected chi connectivity index (χ4v) is 3.60. The van der Waals surface area contributed by atoms with Crippen LogP contribution in [0.2, 0.25) is 0 Å². The molecule has 1 aliphatic heterocycles. The van der Waals surface area contributed by atoms with Crippen molar-refractivity contribution >= 4 is 11.7 Å². The minimum absolute atomic E-state index is 0.00574. The van der Waals surface area contributed by atoms with E-state index in [1.54, 1.807) is 0 Å². The molecular formula is C18H27N3O2. The number of amides is 1. The first-order chi connectivity index (χ1) is 11.3. The molecule has 126 valence electrons. The Morgan fingerprint density at radius 1 is 1.35 bits per heavy atom. The topological polar surface area (TPSA) is 54.5 Å². The molecule has 2 aliphatic rings. The highest BCUT2D eigenvalue weighted by atomic mass is 16.5. The summed E-state index contributed by atoms with van der Waals surface area (Å²) < 4.78 is 5.29. The zero-order valence-corrected chi connectivity index (χ0v) is 14.0. The molecule has 3 rings (SSSR count). The quantitative estimate of drug-likeness (QED) is 0.906. The second-order valence-electron chi connectivity index (χ2n) is 6.67. The van der Waals surface area contributed by atoms with Crippen molar-refractivity contribution in [3.05, 3.63) is 23.9 Å². The molecule has 1 amide bonds. The van der Waals surface area contributed by atoms with Crippen LogP contribution in [-0.4, -0.2) is 37.2 Å². The molecule has 0 radical (unpaired) electrons. The Hall–Kier alpha value is -1.62. The van der Waals surface area contributed by atoms with E-state index in [-0.39, 0.29) is 11.8 Å². The largest absolute Gasteiger partial charge is 0.381 e. The van der Waals surface area contributed by atoms with E-state index in [1.807, 2.05) is 12.3 Å². The summed E-state index contributed by atoms with van der Waals surface area (Å²) in [4.78, 5) is 19.1. The van der Waals surface area contributed by atoms with E-state index >= 15 is 0 Å². The number of nitrogens with zero attached hydrogens (tertiary/aromatic N) is 2. The number of nitrogens with one attached hydrogen (secondary N) is 1. The van der Waals surface area contributed by atoms with Crippen molar-refractivity contribution in [1.29, 1.82) is 0 Å². The summed E-state index contributed by atoms with van der Waals surface area (Å²) in [5.41, 5.74) is 1.09. The van der Waals surface area contributed by atoms with Gasteiger partial charge in [-0.15, -0.1) is 0 Å². The Kier molecular flexibility index (Phi) is 5.49. The molecule has 1 unspecified atom stereocenters. The van der Waals surface area contributed by atoms with Crippen molar-refractivity contribution in [1.82, 2.24) is 10.3 Å². The fraction of sp³-hybridized carbons (Fsp3) is 0.667. The Labute approximate surface area is 138 Å². The molecule has 0 spiro atoms. The lowest BCUT2D eigenvalue weighted by Crippen LogP contribution is -2.36. The van der Waals surface area contributed by atoms with Crippen molar-refractivity contribution in [2.45, 2.75) is 51.1 Å². The first kappa shape index (κ1) is 16.2. The van der Waals surface area contributed by atoms with Crippen molar-refractivity contribution < 1.29 is 9.53 Å². The maximum Gasteiger partial charge on any atom is 0.225 e. The van der Waals surface area contributed by atoms with Crippen LogP contribution < -0.4 is 10.2 Å². The van der Waals surface area contributed by atoms with Crippen LogP contribution in [0.4, 0.5) is 5.82 Å². The van der Waals surface area contributed by atoms with Gasteiger partial charge in [0.05, 0.1) is 12.5 Å². The number of hydrogen-bond acceptors (Lipinski definition) is 4. The smallest absolute Gasteiger partial charge is 0.225 e. The summed E-state index contributed by atoms with van der Waals surface area (Å²) in [6, 6.07) is 4.57. The van der Waals surface area contributed by atoms with Crippen LogP contribution >= 0.6 is 0 Å². The van der Waals surface area contributed by atoms with E-state index in [2.05, 4.69) is 28.3 Å². The maximum atomic E-state index is 12.2. The number of carbonyl (C=O) groups excluding carboxylic acids is 1. The molecule has 2 fully saturated rings. The van der Waals surface area contributed by atoms with Gasteiger partial charge in [-0.2, -0.15) is 0 Å². The lowest BCUT2D eigenvalue weighted by atomic mass is 9.94. The van der Waals surface area contributed by atoms with E-state index in [9.17, 15) is 4.79 Å². The summed E-state index contributed by atoms with van der Waals surface area (Å²) in [5, 5.41) is 3.05. The van der Waals surface area contributed by atoms with Crippen molar-refractivity contribution in [3.63, 3.8) is 0 Å². The van der Waals surface area contributed by atoms with Crippen LogP contribution in [0, 0.1) is 5.92 Å². The first-order valence-corrected chi connectivity index (χ1v) is 8.78. The fourth-order valence-electron chi connectivity index (χ4n) is 3.60. The SMILES string of the molecule is CN(c1ncccc1CNC(=O)C1CCOC1)C1CCCCC1. The summed E-state index contributed by atoms with van der Waals surface area (Å²) in [6.45, 7) is 1.78. The zero-order chi connectivity index (χ0) is 16.1. The second kappa shape index (κ2) is 7.77. The maximum absolute atomic E-state index is 12.2. The normalized spacial score (nSPS) is 22.0. The van der Waals surface area contributed by atoms with Crippen molar-refractivity contribution in [2.75, 3.05) is 25.2 Å². The summed E-state index contributed by atoms with van der Waals surface area (Å²) >= 11 is 0. The number of hydrogen-bond donors (Lipinski definition) is 1. The average Bonchev–Trinajstić information content (AvgIpc) is 3.15. The molecule has 1 N–H and O–H groups in total. The average molecular weight is 317 g/mol. The van der Waals surface area contributed by atoms with Gasteiger partial charge < -0.3 is 15.0 Å². The van der Waals surface area contributed by atoms with Gasteiger partial charge in [0.25, 0.3) is 0 Å². The zero-order valence-electron chi connectivity index (χ0n) is 14.0. The van der Waals surface area contributed by atoms with Crippen LogP contribution in [0.3, 0.4) is 0 Å². The molecule has 2 heterocycles. The molecule has 0 aromatic carbocycles.